The highest BCUT2D eigenvalue weighted by molar-refractivity contribution is 6.42. The van der Waals surface area contributed by atoms with Gasteiger partial charge in [0.05, 0.1) is 28.3 Å². The van der Waals surface area contributed by atoms with E-state index in [1.165, 1.54) is 0 Å². The Morgan fingerprint density at radius 3 is 2.46 bits per heavy atom. The molecule has 1 aliphatic rings. The van der Waals surface area contributed by atoms with Crippen LogP contribution in [-0.4, -0.2) is 24.2 Å². The molecule has 0 spiro atoms. The second kappa shape index (κ2) is 8.56. The molecule has 28 heavy (non-hydrogen) atoms. The molecule has 4 nitrogen and oxygen atoms in total. The van der Waals surface area contributed by atoms with Crippen LogP contribution in [0.4, 0.5) is 19.0 Å². The minimum Gasteiger partial charge on any atom is -0.373 e. The number of benzene rings is 1. The third-order valence-electron chi connectivity index (χ3n) is 4.50. The van der Waals surface area contributed by atoms with Gasteiger partial charge in [-0.25, -0.2) is 4.98 Å². The van der Waals surface area contributed by atoms with Crippen LogP contribution < -0.4 is 4.90 Å². The standard InChI is InChI=1S/C19H16Cl2F3N3O/c20-15-3-1-12(9-16(15)21)11-28-14-5-7-27(8-6-14)18-13(10-25)2-4-17(26-18)19(22,23)24/h1-4,9,14H,5-8,11H2. The first-order valence-corrected chi connectivity index (χ1v) is 9.32. The summed E-state index contributed by atoms with van der Waals surface area (Å²) in [5.74, 6) is 0.0697. The van der Waals surface area contributed by atoms with Crippen molar-refractivity contribution in [2.24, 2.45) is 0 Å². The molecule has 0 N–H and O–H groups in total. The molecular formula is C19H16Cl2F3N3O. The first-order chi connectivity index (χ1) is 13.3. The highest BCUT2D eigenvalue weighted by Crippen LogP contribution is 2.31. The molecule has 3 rings (SSSR count). The van der Waals surface area contributed by atoms with E-state index >= 15 is 0 Å². The topological polar surface area (TPSA) is 49.2 Å². The molecule has 1 saturated heterocycles. The summed E-state index contributed by atoms with van der Waals surface area (Å²) in [6, 6.07) is 9.18. The van der Waals surface area contributed by atoms with Crippen molar-refractivity contribution in [1.82, 2.24) is 4.98 Å². The van der Waals surface area contributed by atoms with Crippen LogP contribution in [0.15, 0.2) is 30.3 Å². The maximum Gasteiger partial charge on any atom is 0.433 e. The minimum atomic E-state index is -4.55. The molecule has 1 aromatic carbocycles. The van der Waals surface area contributed by atoms with Crippen LogP contribution in [0.5, 0.6) is 0 Å². The molecule has 148 valence electrons. The normalized spacial score (nSPS) is 15.5. The molecule has 0 radical (unpaired) electrons. The monoisotopic (exact) mass is 429 g/mol. The zero-order chi connectivity index (χ0) is 20.3. The lowest BCUT2D eigenvalue weighted by Crippen LogP contribution is -2.38. The van der Waals surface area contributed by atoms with Gasteiger partial charge in [-0.15, -0.1) is 0 Å². The number of hydrogen-bond acceptors (Lipinski definition) is 4. The van der Waals surface area contributed by atoms with Crippen molar-refractivity contribution < 1.29 is 17.9 Å². The molecule has 1 aromatic heterocycles. The smallest absolute Gasteiger partial charge is 0.373 e. The lowest BCUT2D eigenvalue weighted by Gasteiger charge is -2.33. The van der Waals surface area contributed by atoms with Crippen molar-refractivity contribution in [3.63, 3.8) is 0 Å². The van der Waals surface area contributed by atoms with Gasteiger partial charge in [0, 0.05) is 13.1 Å². The Morgan fingerprint density at radius 2 is 1.86 bits per heavy atom. The fourth-order valence-electron chi connectivity index (χ4n) is 3.01. The van der Waals surface area contributed by atoms with Gasteiger partial charge in [-0.05, 0) is 42.7 Å². The Bertz CT molecular complexity index is 891. The number of rotatable bonds is 4. The van der Waals surface area contributed by atoms with E-state index in [9.17, 15) is 18.4 Å². The molecule has 1 aliphatic heterocycles. The maximum absolute atomic E-state index is 12.9. The van der Waals surface area contributed by atoms with Gasteiger partial charge in [-0.3, -0.25) is 0 Å². The summed E-state index contributed by atoms with van der Waals surface area (Å²) in [6.45, 7) is 1.27. The summed E-state index contributed by atoms with van der Waals surface area (Å²) in [5.41, 5.74) is 0.0193. The summed E-state index contributed by atoms with van der Waals surface area (Å²) in [6.07, 6.45) is -3.36. The lowest BCUT2D eigenvalue weighted by atomic mass is 10.1. The second-order valence-corrected chi connectivity index (χ2v) is 7.24. The number of pyridine rings is 1. The maximum atomic E-state index is 12.9. The van der Waals surface area contributed by atoms with Crippen molar-refractivity contribution in [3.05, 3.63) is 57.2 Å². The number of hydrogen-bond donors (Lipinski definition) is 0. The van der Waals surface area contributed by atoms with Gasteiger partial charge in [0.1, 0.15) is 17.6 Å². The van der Waals surface area contributed by atoms with E-state index in [0.29, 0.717) is 42.6 Å². The van der Waals surface area contributed by atoms with Crippen LogP contribution in [-0.2, 0) is 17.5 Å². The molecule has 0 aliphatic carbocycles. The molecule has 0 saturated carbocycles. The van der Waals surface area contributed by atoms with Gasteiger partial charge in [0.15, 0.2) is 0 Å². The number of anilines is 1. The van der Waals surface area contributed by atoms with Crippen LogP contribution in [0, 0.1) is 11.3 Å². The van der Waals surface area contributed by atoms with Gasteiger partial charge < -0.3 is 9.64 Å². The fraction of sp³-hybridized carbons (Fsp3) is 0.368. The number of nitrogens with zero attached hydrogens (tertiary/aromatic N) is 3. The molecule has 2 heterocycles. The molecule has 1 fully saturated rings. The van der Waals surface area contributed by atoms with E-state index in [4.69, 9.17) is 27.9 Å². The van der Waals surface area contributed by atoms with Crippen molar-refractivity contribution >= 4 is 29.0 Å². The quantitative estimate of drug-likeness (QED) is 0.646. The summed E-state index contributed by atoms with van der Waals surface area (Å²) in [4.78, 5) is 5.39. The van der Waals surface area contributed by atoms with E-state index < -0.39 is 11.9 Å². The number of alkyl halides is 3. The average molecular weight is 430 g/mol. The largest absolute Gasteiger partial charge is 0.433 e. The Morgan fingerprint density at radius 1 is 1.14 bits per heavy atom. The van der Waals surface area contributed by atoms with Gasteiger partial charge in [-0.1, -0.05) is 29.3 Å². The van der Waals surface area contributed by atoms with E-state index in [1.54, 1.807) is 17.0 Å². The van der Waals surface area contributed by atoms with Crippen molar-refractivity contribution in [2.45, 2.75) is 31.7 Å². The van der Waals surface area contributed by atoms with Crippen LogP contribution in [0.2, 0.25) is 10.0 Å². The number of aromatic nitrogens is 1. The second-order valence-electron chi connectivity index (χ2n) is 6.42. The Kier molecular flexibility index (Phi) is 6.33. The first kappa shape index (κ1) is 20.7. The predicted octanol–water partition coefficient (Wildman–Crippen LogP) is 5.46. The molecule has 0 unspecified atom stereocenters. The Labute approximate surface area is 170 Å². The summed E-state index contributed by atoms with van der Waals surface area (Å²) >= 11 is 11.9. The van der Waals surface area contributed by atoms with Gasteiger partial charge in [0.2, 0.25) is 0 Å². The van der Waals surface area contributed by atoms with Gasteiger partial charge in [0.25, 0.3) is 0 Å². The zero-order valence-corrected chi connectivity index (χ0v) is 16.2. The molecule has 0 amide bonds. The molecular weight excluding hydrogens is 414 g/mol. The highest BCUT2D eigenvalue weighted by atomic mass is 35.5. The summed E-state index contributed by atoms with van der Waals surface area (Å²) in [7, 11) is 0. The molecule has 0 bridgehead atoms. The zero-order valence-electron chi connectivity index (χ0n) is 14.6. The fourth-order valence-corrected chi connectivity index (χ4v) is 3.33. The Hall–Kier alpha value is -2.01. The Balaban J connectivity index is 1.62. The summed E-state index contributed by atoms with van der Waals surface area (Å²) < 4.78 is 44.7. The van der Waals surface area contributed by atoms with Gasteiger partial charge in [-0.2, -0.15) is 18.4 Å². The third kappa shape index (κ3) is 4.88. The molecule has 2 aromatic rings. The lowest BCUT2D eigenvalue weighted by molar-refractivity contribution is -0.141. The molecule has 9 heteroatoms. The van der Waals surface area contributed by atoms with Crippen molar-refractivity contribution in [2.75, 3.05) is 18.0 Å². The van der Waals surface area contributed by atoms with Crippen LogP contribution in [0.1, 0.15) is 29.7 Å². The predicted molar refractivity (Wildman–Crippen MR) is 100 cm³/mol. The SMILES string of the molecule is N#Cc1ccc(C(F)(F)F)nc1N1CCC(OCc2ccc(Cl)c(Cl)c2)CC1. The van der Waals surface area contributed by atoms with Crippen molar-refractivity contribution in [3.8, 4) is 6.07 Å². The van der Waals surface area contributed by atoms with E-state index in [1.807, 2.05) is 12.1 Å². The number of nitriles is 1. The number of halogens is 5. The van der Waals surface area contributed by atoms with Crippen LogP contribution >= 0.6 is 23.2 Å². The summed E-state index contributed by atoms with van der Waals surface area (Å²) in [5, 5.41) is 10.1. The van der Waals surface area contributed by atoms with Crippen LogP contribution in [0.3, 0.4) is 0 Å². The van der Waals surface area contributed by atoms with E-state index in [0.717, 1.165) is 17.7 Å². The molecule has 0 atom stereocenters. The third-order valence-corrected chi connectivity index (χ3v) is 5.24. The van der Waals surface area contributed by atoms with Crippen molar-refractivity contribution in [1.29, 1.82) is 5.26 Å². The van der Waals surface area contributed by atoms with E-state index in [-0.39, 0.29) is 17.5 Å². The van der Waals surface area contributed by atoms with Gasteiger partial charge >= 0.3 is 6.18 Å². The minimum absolute atomic E-state index is 0.0398. The number of ether oxygens (including phenoxy) is 1. The van der Waals surface area contributed by atoms with Crippen LogP contribution in [0.25, 0.3) is 0 Å². The number of piperidine rings is 1. The highest BCUT2D eigenvalue weighted by Gasteiger charge is 2.34. The average Bonchev–Trinajstić information content (AvgIpc) is 2.68. The van der Waals surface area contributed by atoms with E-state index in [2.05, 4.69) is 4.98 Å². The first-order valence-electron chi connectivity index (χ1n) is 8.56.